The van der Waals surface area contributed by atoms with Gasteiger partial charge >= 0.3 is 0 Å². The molecule has 0 spiro atoms. The Balaban J connectivity index is 2.41. The van der Waals surface area contributed by atoms with Crippen molar-refractivity contribution in [2.24, 2.45) is 0 Å². The van der Waals surface area contributed by atoms with Crippen LogP contribution < -0.4 is 5.32 Å². The zero-order valence-electron chi connectivity index (χ0n) is 8.90. The van der Waals surface area contributed by atoms with E-state index in [0.717, 1.165) is 16.8 Å². The second kappa shape index (κ2) is 4.35. The van der Waals surface area contributed by atoms with Crippen LogP contribution >= 0.6 is 24.0 Å². The molecule has 1 aromatic heterocycles. The topological polar surface area (TPSA) is 42.0 Å². The zero-order chi connectivity index (χ0) is 11.7. The van der Waals surface area contributed by atoms with E-state index < -0.39 is 0 Å². The summed E-state index contributed by atoms with van der Waals surface area (Å²) in [5.74, 6) is -0.118. The summed E-state index contributed by atoms with van der Waals surface area (Å²) in [5.41, 5.74) is 2.82. The van der Waals surface area contributed by atoms with Gasteiger partial charge in [0.1, 0.15) is 4.32 Å². The minimum absolute atomic E-state index is 0.118. The molecule has 1 aliphatic heterocycles. The molecule has 2 rings (SSSR count). The van der Waals surface area contributed by atoms with Gasteiger partial charge in [0.15, 0.2) is 0 Å². The highest BCUT2D eigenvalue weighted by Crippen LogP contribution is 2.31. The van der Waals surface area contributed by atoms with Crippen LogP contribution in [0.3, 0.4) is 0 Å². The van der Waals surface area contributed by atoms with Gasteiger partial charge in [-0.05, 0) is 31.1 Å². The third kappa shape index (κ3) is 2.15. The fourth-order valence-electron chi connectivity index (χ4n) is 1.38. The smallest absolute Gasteiger partial charge is 0.263 e. The minimum atomic E-state index is -0.118. The number of hydrogen-bond donors (Lipinski definition) is 1. The normalized spacial score (nSPS) is 18.6. The average Bonchev–Trinajstić information content (AvgIpc) is 2.58. The maximum absolute atomic E-state index is 11.6. The Morgan fingerprint density at radius 3 is 2.75 bits per heavy atom. The van der Waals surface area contributed by atoms with Gasteiger partial charge in [-0.2, -0.15) is 0 Å². The first kappa shape index (κ1) is 11.3. The molecule has 1 aliphatic rings. The lowest BCUT2D eigenvalue weighted by Crippen LogP contribution is -2.18. The van der Waals surface area contributed by atoms with Crippen molar-refractivity contribution >= 4 is 39.8 Å². The Bertz CT molecular complexity index is 491. The van der Waals surface area contributed by atoms with Crippen molar-refractivity contribution in [2.45, 2.75) is 13.8 Å². The number of allylic oxidation sites excluding steroid dienone is 1. The number of carbonyl (C=O) groups excluding carboxylic acids is 1. The molecule has 5 heteroatoms. The molecule has 0 aliphatic carbocycles. The summed E-state index contributed by atoms with van der Waals surface area (Å²) in [6.07, 6.45) is 1.77. The molecule has 82 valence electrons. The van der Waals surface area contributed by atoms with Gasteiger partial charge in [-0.1, -0.05) is 30.0 Å². The molecular weight excluding hydrogens is 240 g/mol. The van der Waals surface area contributed by atoms with E-state index in [0.29, 0.717) is 9.23 Å². The van der Waals surface area contributed by atoms with E-state index in [9.17, 15) is 4.79 Å². The predicted molar refractivity (Wildman–Crippen MR) is 69.9 cm³/mol. The molecule has 2 heterocycles. The van der Waals surface area contributed by atoms with Gasteiger partial charge in [0.25, 0.3) is 5.91 Å². The van der Waals surface area contributed by atoms with Gasteiger partial charge in [0.2, 0.25) is 0 Å². The van der Waals surface area contributed by atoms with E-state index in [4.69, 9.17) is 12.2 Å². The molecule has 0 unspecified atom stereocenters. The third-order valence-electron chi connectivity index (χ3n) is 2.30. The number of aromatic nitrogens is 1. The molecule has 16 heavy (non-hydrogen) atoms. The van der Waals surface area contributed by atoms with Gasteiger partial charge < -0.3 is 5.32 Å². The summed E-state index contributed by atoms with van der Waals surface area (Å²) in [7, 11) is 0. The zero-order valence-corrected chi connectivity index (χ0v) is 10.5. The van der Waals surface area contributed by atoms with Crippen molar-refractivity contribution < 1.29 is 4.79 Å². The number of thiocarbonyl (C=S) groups is 1. The summed E-state index contributed by atoms with van der Waals surface area (Å²) < 4.78 is 0.513. The van der Waals surface area contributed by atoms with Gasteiger partial charge in [-0.15, -0.1) is 0 Å². The number of nitrogens with zero attached hydrogens (tertiary/aromatic N) is 1. The Kier molecular flexibility index (Phi) is 3.07. The highest BCUT2D eigenvalue weighted by atomic mass is 32.2. The number of aryl methyl sites for hydroxylation is 1. The summed E-state index contributed by atoms with van der Waals surface area (Å²) >= 11 is 6.25. The van der Waals surface area contributed by atoms with Gasteiger partial charge in [-0.25, -0.2) is 0 Å². The number of hydrogen-bond acceptors (Lipinski definition) is 4. The lowest BCUT2D eigenvalue weighted by atomic mass is 10.1. The molecule has 1 amide bonds. The summed E-state index contributed by atoms with van der Waals surface area (Å²) in [4.78, 5) is 16.4. The van der Waals surface area contributed by atoms with Crippen LogP contribution in [0.25, 0.3) is 5.57 Å². The monoisotopic (exact) mass is 250 g/mol. The Morgan fingerprint density at radius 2 is 2.25 bits per heavy atom. The van der Waals surface area contributed by atoms with Crippen molar-refractivity contribution in [2.75, 3.05) is 0 Å². The largest absolute Gasteiger partial charge is 0.307 e. The van der Waals surface area contributed by atoms with Crippen molar-refractivity contribution in [3.8, 4) is 0 Å². The summed E-state index contributed by atoms with van der Waals surface area (Å²) in [6, 6.07) is 3.88. The van der Waals surface area contributed by atoms with Crippen LogP contribution in [0.4, 0.5) is 0 Å². The average molecular weight is 250 g/mol. The molecular formula is C11H10N2OS2. The lowest BCUT2D eigenvalue weighted by molar-refractivity contribution is -0.115. The first-order chi connectivity index (χ1) is 7.58. The fraction of sp³-hybridized carbons (Fsp3) is 0.182. The van der Waals surface area contributed by atoms with Crippen LogP contribution in [0.15, 0.2) is 23.2 Å². The standard InChI is InChI=1S/C11H10N2OS2/c1-6-3-4-8(5-12-6)7(2)9-10(14)13-11(15)16-9/h3-5H,1-2H3,(H,13,14,15). The highest BCUT2D eigenvalue weighted by molar-refractivity contribution is 8.26. The number of thioether (sulfide) groups is 1. The van der Waals surface area contributed by atoms with E-state index in [2.05, 4.69) is 10.3 Å². The van der Waals surface area contributed by atoms with Crippen LogP contribution in [0.5, 0.6) is 0 Å². The molecule has 0 bridgehead atoms. The van der Waals surface area contributed by atoms with Gasteiger partial charge in [0, 0.05) is 11.9 Å². The van der Waals surface area contributed by atoms with E-state index in [1.165, 1.54) is 11.8 Å². The van der Waals surface area contributed by atoms with Crippen LogP contribution in [-0.4, -0.2) is 15.2 Å². The SMILES string of the molecule is CC(=C1SC(=S)NC1=O)c1ccc(C)nc1. The van der Waals surface area contributed by atoms with Crippen molar-refractivity contribution in [3.63, 3.8) is 0 Å². The maximum Gasteiger partial charge on any atom is 0.263 e. The molecule has 1 fully saturated rings. The van der Waals surface area contributed by atoms with Crippen molar-refractivity contribution in [1.82, 2.24) is 10.3 Å². The first-order valence-corrected chi connectivity index (χ1v) is 5.97. The van der Waals surface area contributed by atoms with Crippen LogP contribution in [0.1, 0.15) is 18.2 Å². The van der Waals surface area contributed by atoms with E-state index in [1.54, 1.807) is 6.20 Å². The molecule has 0 saturated carbocycles. The van der Waals surface area contributed by atoms with E-state index in [1.807, 2.05) is 26.0 Å². The van der Waals surface area contributed by atoms with E-state index in [-0.39, 0.29) is 5.91 Å². The summed E-state index contributed by atoms with van der Waals surface area (Å²) in [6.45, 7) is 3.83. The minimum Gasteiger partial charge on any atom is -0.307 e. The quantitative estimate of drug-likeness (QED) is 0.613. The maximum atomic E-state index is 11.6. The molecule has 0 aromatic carbocycles. The summed E-state index contributed by atoms with van der Waals surface area (Å²) in [5, 5.41) is 2.61. The molecule has 1 saturated heterocycles. The molecule has 3 nitrogen and oxygen atoms in total. The molecule has 0 atom stereocenters. The first-order valence-electron chi connectivity index (χ1n) is 4.75. The van der Waals surface area contributed by atoms with Crippen LogP contribution in [0, 0.1) is 6.92 Å². The Morgan fingerprint density at radius 1 is 1.50 bits per heavy atom. The predicted octanol–water partition coefficient (Wildman–Crippen LogP) is 2.27. The van der Waals surface area contributed by atoms with Crippen molar-refractivity contribution in [3.05, 3.63) is 34.5 Å². The third-order valence-corrected chi connectivity index (χ3v) is 3.64. The number of nitrogens with one attached hydrogen (secondary N) is 1. The van der Waals surface area contributed by atoms with Gasteiger partial charge in [0.05, 0.1) is 4.91 Å². The second-order valence-electron chi connectivity index (χ2n) is 3.49. The van der Waals surface area contributed by atoms with E-state index >= 15 is 0 Å². The molecule has 1 aromatic rings. The lowest BCUT2D eigenvalue weighted by Gasteiger charge is -2.03. The Hall–Kier alpha value is -1.20. The number of rotatable bonds is 1. The fourth-order valence-corrected chi connectivity index (χ4v) is 2.47. The number of pyridine rings is 1. The van der Waals surface area contributed by atoms with Crippen LogP contribution in [-0.2, 0) is 4.79 Å². The number of amides is 1. The molecule has 1 N–H and O–H groups in total. The van der Waals surface area contributed by atoms with Gasteiger partial charge in [-0.3, -0.25) is 9.78 Å². The second-order valence-corrected chi connectivity index (χ2v) is 5.17. The molecule has 0 radical (unpaired) electrons. The van der Waals surface area contributed by atoms with Crippen molar-refractivity contribution in [1.29, 1.82) is 0 Å². The highest BCUT2D eigenvalue weighted by Gasteiger charge is 2.24. The number of carbonyl (C=O) groups is 1. The Labute approximate surface area is 103 Å². The van der Waals surface area contributed by atoms with Crippen LogP contribution in [0.2, 0.25) is 0 Å².